The van der Waals surface area contributed by atoms with Gasteiger partial charge in [-0.2, -0.15) is 0 Å². The third-order valence-electron chi connectivity index (χ3n) is 3.08. The maximum Gasteiger partial charge on any atom is 0.0587 e. The van der Waals surface area contributed by atoms with Crippen LogP contribution in [0.1, 0.15) is 30.7 Å². The van der Waals surface area contributed by atoms with Crippen LogP contribution in [0.3, 0.4) is 0 Å². The van der Waals surface area contributed by atoms with Crippen LogP contribution in [0.15, 0.2) is 11.4 Å². The first kappa shape index (κ1) is 14.7. The van der Waals surface area contributed by atoms with E-state index in [2.05, 4.69) is 37.5 Å². The number of thiophene rings is 1. The summed E-state index contributed by atoms with van der Waals surface area (Å²) in [4.78, 5) is 1.54. The zero-order chi connectivity index (χ0) is 12.7. The average molecular weight is 255 g/mol. The van der Waals surface area contributed by atoms with Gasteiger partial charge in [-0.05, 0) is 42.2 Å². The van der Waals surface area contributed by atoms with Crippen LogP contribution in [0.2, 0.25) is 0 Å². The van der Waals surface area contributed by atoms with Gasteiger partial charge in [0, 0.05) is 25.1 Å². The maximum absolute atomic E-state index is 5.03. The Morgan fingerprint density at radius 3 is 2.76 bits per heavy atom. The predicted octanol–water partition coefficient (Wildman–Crippen LogP) is 3.25. The first-order chi connectivity index (χ1) is 8.05. The minimum Gasteiger partial charge on any atom is -0.383 e. The molecule has 0 unspecified atom stereocenters. The van der Waals surface area contributed by atoms with Crippen molar-refractivity contribution < 1.29 is 4.74 Å². The van der Waals surface area contributed by atoms with Gasteiger partial charge in [0.1, 0.15) is 0 Å². The first-order valence-corrected chi connectivity index (χ1v) is 7.16. The van der Waals surface area contributed by atoms with E-state index in [9.17, 15) is 0 Å². The molecule has 98 valence electrons. The van der Waals surface area contributed by atoms with Gasteiger partial charge in [0.15, 0.2) is 0 Å². The largest absolute Gasteiger partial charge is 0.383 e. The molecule has 0 saturated heterocycles. The molecule has 0 atom stereocenters. The highest BCUT2D eigenvalue weighted by molar-refractivity contribution is 7.10. The Kier molecular flexibility index (Phi) is 6.17. The standard InChI is InChI=1S/C14H25NOS/c1-12-6-10-17-13(12)5-7-14(2,3)11-15-8-9-16-4/h6,10,15H,5,7-9,11H2,1-4H3. The summed E-state index contributed by atoms with van der Waals surface area (Å²) in [6.45, 7) is 9.65. The van der Waals surface area contributed by atoms with E-state index >= 15 is 0 Å². The topological polar surface area (TPSA) is 21.3 Å². The van der Waals surface area contributed by atoms with Crippen molar-refractivity contribution in [3.05, 3.63) is 21.9 Å². The molecule has 1 rings (SSSR count). The third kappa shape index (κ3) is 5.66. The van der Waals surface area contributed by atoms with Gasteiger partial charge < -0.3 is 10.1 Å². The fraction of sp³-hybridized carbons (Fsp3) is 0.714. The predicted molar refractivity (Wildman–Crippen MR) is 75.9 cm³/mol. The second kappa shape index (κ2) is 7.14. The molecular weight excluding hydrogens is 230 g/mol. The van der Waals surface area contributed by atoms with Crippen LogP contribution < -0.4 is 5.32 Å². The van der Waals surface area contributed by atoms with Gasteiger partial charge in [0.2, 0.25) is 0 Å². The molecule has 0 aromatic carbocycles. The lowest BCUT2D eigenvalue weighted by Gasteiger charge is -2.25. The zero-order valence-corrected chi connectivity index (χ0v) is 12.3. The van der Waals surface area contributed by atoms with Gasteiger partial charge in [-0.1, -0.05) is 13.8 Å². The molecule has 0 spiro atoms. The lowest BCUT2D eigenvalue weighted by molar-refractivity contribution is 0.193. The van der Waals surface area contributed by atoms with E-state index < -0.39 is 0 Å². The Morgan fingerprint density at radius 2 is 2.18 bits per heavy atom. The monoisotopic (exact) mass is 255 g/mol. The van der Waals surface area contributed by atoms with Gasteiger partial charge in [-0.15, -0.1) is 11.3 Å². The van der Waals surface area contributed by atoms with Gasteiger partial charge in [0.05, 0.1) is 6.61 Å². The van der Waals surface area contributed by atoms with E-state index in [4.69, 9.17) is 4.74 Å². The van der Waals surface area contributed by atoms with Gasteiger partial charge in [0.25, 0.3) is 0 Å². The van der Waals surface area contributed by atoms with Gasteiger partial charge in [-0.25, -0.2) is 0 Å². The molecular formula is C14H25NOS. The van der Waals surface area contributed by atoms with E-state index in [1.165, 1.54) is 23.3 Å². The van der Waals surface area contributed by atoms with Crippen molar-refractivity contribution in [3.63, 3.8) is 0 Å². The normalized spacial score (nSPS) is 12.0. The molecule has 0 saturated carbocycles. The van der Waals surface area contributed by atoms with Crippen molar-refractivity contribution in [3.8, 4) is 0 Å². The van der Waals surface area contributed by atoms with Gasteiger partial charge >= 0.3 is 0 Å². The number of nitrogens with one attached hydrogen (secondary N) is 1. The average Bonchev–Trinajstić information content (AvgIpc) is 2.68. The zero-order valence-electron chi connectivity index (χ0n) is 11.5. The van der Waals surface area contributed by atoms with Crippen LogP contribution in [-0.2, 0) is 11.2 Å². The molecule has 0 radical (unpaired) electrons. The Hall–Kier alpha value is -0.380. The molecule has 3 heteroatoms. The second-order valence-electron chi connectivity index (χ2n) is 5.36. The minimum atomic E-state index is 0.351. The van der Waals surface area contributed by atoms with E-state index in [1.54, 1.807) is 7.11 Å². The number of hydrogen-bond donors (Lipinski definition) is 1. The second-order valence-corrected chi connectivity index (χ2v) is 6.36. The first-order valence-electron chi connectivity index (χ1n) is 6.28. The highest BCUT2D eigenvalue weighted by Crippen LogP contribution is 2.25. The van der Waals surface area contributed by atoms with Crippen molar-refractivity contribution in [2.24, 2.45) is 5.41 Å². The molecule has 0 aliphatic carbocycles. The van der Waals surface area contributed by atoms with Crippen molar-refractivity contribution in [1.29, 1.82) is 0 Å². The SMILES string of the molecule is COCCNCC(C)(C)CCc1sccc1C. The summed E-state index contributed by atoms with van der Waals surface area (Å²) in [5, 5.41) is 5.64. The summed E-state index contributed by atoms with van der Waals surface area (Å²) in [5.74, 6) is 0. The van der Waals surface area contributed by atoms with E-state index in [1.807, 2.05) is 11.3 Å². The number of rotatable bonds is 8. The van der Waals surface area contributed by atoms with Crippen molar-refractivity contribution in [2.45, 2.75) is 33.6 Å². The molecule has 0 aliphatic heterocycles. The number of ether oxygens (including phenoxy) is 1. The van der Waals surface area contributed by atoms with Crippen LogP contribution in [0.5, 0.6) is 0 Å². The molecule has 2 nitrogen and oxygen atoms in total. The quantitative estimate of drug-likeness (QED) is 0.720. The summed E-state index contributed by atoms with van der Waals surface area (Å²) in [7, 11) is 1.74. The maximum atomic E-state index is 5.03. The van der Waals surface area contributed by atoms with Crippen molar-refractivity contribution >= 4 is 11.3 Å². The summed E-state index contributed by atoms with van der Waals surface area (Å²) < 4.78 is 5.03. The molecule has 17 heavy (non-hydrogen) atoms. The van der Waals surface area contributed by atoms with E-state index in [-0.39, 0.29) is 0 Å². The van der Waals surface area contributed by atoms with Crippen LogP contribution in [-0.4, -0.2) is 26.8 Å². The smallest absolute Gasteiger partial charge is 0.0587 e. The van der Waals surface area contributed by atoms with Crippen LogP contribution >= 0.6 is 11.3 Å². The molecule has 0 amide bonds. The van der Waals surface area contributed by atoms with E-state index in [0.717, 1.165) is 19.7 Å². The molecule has 1 heterocycles. The van der Waals surface area contributed by atoms with Crippen LogP contribution in [0, 0.1) is 12.3 Å². The number of hydrogen-bond acceptors (Lipinski definition) is 3. The van der Waals surface area contributed by atoms with Crippen molar-refractivity contribution in [1.82, 2.24) is 5.32 Å². The summed E-state index contributed by atoms with van der Waals surface area (Å²) >= 11 is 1.88. The van der Waals surface area contributed by atoms with Crippen molar-refractivity contribution in [2.75, 3.05) is 26.8 Å². The molecule has 0 fully saturated rings. The van der Waals surface area contributed by atoms with Crippen LogP contribution in [0.25, 0.3) is 0 Å². The summed E-state index contributed by atoms with van der Waals surface area (Å²) in [6.07, 6.45) is 2.43. The molecule has 1 aromatic heterocycles. The summed E-state index contributed by atoms with van der Waals surface area (Å²) in [6, 6.07) is 2.21. The highest BCUT2D eigenvalue weighted by atomic mass is 32.1. The number of aryl methyl sites for hydroxylation is 2. The molecule has 1 aromatic rings. The van der Waals surface area contributed by atoms with Gasteiger partial charge in [-0.3, -0.25) is 0 Å². The molecule has 1 N–H and O–H groups in total. The van der Waals surface area contributed by atoms with Crippen LogP contribution in [0.4, 0.5) is 0 Å². The summed E-state index contributed by atoms with van der Waals surface area (Å²) in [5.41, 5.74) is 1.79. The Balaban J connectivity index is 2.26. The Bertz CT molecular complexity index is 320. The Morgan fingerprint density at radius 1 is 1.41 bits per heavy atom. The number of methoxy groups -OCH3 is 1. The molecule has 0 aliphatic rings. The lowest BCUT2D eigenvalue weighted by atomic mass is 9.87. The highest BCUT2D eigenvalue weighted by Gasteiger charge is 2.17. The van der Waals surface area contributed by atoms with E-state index in [0.29, 0.717) is 5.41 Å². The lowest BCUT2D eigenvalue weighted by Crippen LogP contribution is -2.31. The fourth-order valence-electron chi connectivity index (χ4n) is 1.80. The third-order valence-corrected chi connectivity index (χ3v) is 4.17. The minimum absolute atomic E-state index is 0.351. The molecule has 0 bridgehead atoms. The fourth-order valence-corrected chi connectivity index (χ4v) is 2.71. The Labute approximate surface area is 109 Å².